The fraction of sp³-hybridized carbons (Fsp3) is 0.353. The van der Waals surface area contributed by atoms with Gasteiger partial charge in [0.15, 0.2) is 17.5 Å². The summed E-state index contributed by atoms with van der Waals surface area (Å²) in [4.78, 5) is 50.5. The van der Waals surface area contributed by atoms with E-state index < -0.39 is 97.9 Å². The second kappa shape index (κ2) is 15.3. The van der Waals surface area contributed by atoms with Crippen molar-refractivity contribution >= 4 is 23.7 Å². The number of aliphatic hydroxyl groups excluding tert-OH is 5. The van der Waals surface area contributed by atoms with Gasteiger partial charge >= 0.3 is 17.9 Å². The summed E-state index contributed by atoms with van der Waals surface area (Å²) in [7, 11) is 0. The summed E-state index contributed by atoms with van der Waals surface area (Å²) in [5, 5.41) is 72.8. The minimum Gasteiger partial charge on any atom is -0.508 e. The number of ketones is 1. The molecule has 0 radical (unpaired) electrons. The molecule has 0 unspecified atom stereocenters. The molecule has 0 spiro atoms. The molecule has 0 aromatic heterocycles. The Balaban J connectivity index is 1.37. The van der Waals surface area contributed by atoms with Gasteiger partial charge in [-0.05, 0) is 42.5 Å². The van der Waals surface area contributed by atoms with Crippen LogP contribution in [0.4, 0.5) is 0 Å². The quantitative estimate of drug-likeness (QED) is 0.100. The van der Waals surface area contributed by atoms with Crippen molar-refractivity contribution in [2.24, 2.45) is 0 Å². The Bertz CT molecular complexity index is 1680. The molecule has 0 amide bonds. The first-order valence-corrected chi connectivity index (χ1v) is 15.2. The van der Waals surface area contributed by atoms with E-state index in [1.54, 1.807) is 36.4 Å². The average molecular weight is 699 g/mol. The second-order valence-electron chi connectivity index (χ2n) is 11.7. The molecule has 1 heterocycles. The fourth-order valence-electron chi connectivity index (χ4n) is 5.35. The first kappa shape index (κ1) is 36.3. The van der Waals surface area contributed by atoms with Gasteiger partial charge in [-0.1, -0.05) is 36.4 Å². The van der Waals surface area contributed by atoms with Gasteiger partial charge in [0.2, 0.25) is 6.29 Å². The number of aliphatic hydroxyl groups is 6. The third kappa shape index (κ3) is 7.76. The lowest BCUT2D eigenvalue weighted by molar-refractivity contribution is -0.276. The molecular formula is C34H34O16. The van der Waals surface area contributed by atoms with Crippen molar-refractivity contribution in [3.05, 3.63) is 95.6 Å². The summed E-state index contributed by atoms with van der Waals surface area (Å²) in [5.41, 5.74) is -2.75. The molecule has 1 aliphatic carbocycles. The lowest BCUT2D eigenvalue weighted by atomic mass is 9.78. The Kier molecular flexibility index (Phi) is 11.1. The van der Waals surface area contributed by atoms with Gasteiger partial charge in [-0.2, -0.15) is 0 Å². The van der Waals surface area contributed by atoms with Gasteiger partial charge in [-0.25, -0.2) is 14.4 Å². The van der Waals surface area contributed by atoms with Gasteiger partial charge in [-0.3, -0.25) is 4.79 Å². The van der Waals surface area contributed by atoms with Crippen LogP contribution in [-0.2, 0) is 35.1 Å². The molecule has 3 aromatic carbocycles. The average Bonchev–Trinajstić information content (AvgIpc) is 3.12. The van der Waals surface area contributed by atoms with Crippen molar-refractivity contribution in [3.8, 4) is 11.5 Å². The van der Waals surface area contributed by atoms with Crippen LogP contribution in [-0.4, -0.2) is 121 Å². The molecule has 266 valence electrons. The summed E-state index contributed by atoms with van der Waals surface area (Å²) in [5.74, 6) is -4.92. The number of phenolic OH excluding ortho intramolecular Hbond substituents is 1. The highest BCUT2D eigenvalue weighted by atomic mass is 16.7. The highest BCUT2D eigenvalue weighted by Gasteiger charge is 2.57. The second-order valence-corrected chi connectivity index (χ2v) is 11.7. The van der Waals surface area contributed by atoms with E-state index in [0.29, 0.717) is 0 Å². The standard InChI is InChI=1S/C34H34O16/c35-20-11-12-22(19(13-20)15-47-33(44)34(45)14-21(36)24(37)27(40)29(34)41)48-32-28(50-31(43)18-9-5-2-6-10-18)26(39)25(38)23(49-32)16-46-30(42)17-7-3-1-4-8-17/h1-13,23-29,32,35,37-41,45H,14-16H2/t23-,24-,25-,26+,27-,28-,29-,32-,34+/m1/s1. The maximum absolute atomic E-state index is 13.0. The van der Waals surface area contributed by atoms with E-state index in [1.165, 1.54) is 30.3 Å². The van der Waals surface area contributed by atoms with Crippen molar-refractivity contribution in [2.75, 3.05) is 6.61 Å². The number of hydrogen-bond acceptors (Lipinski definition) is 16. The van der Waals surface area contributed by atoms with Crippen molar-refractivity contribution in [2.45, 2.75) is 67.6 Å². The summed E-state index contributed by atoms with van der Waals surface area (Å²) < 4.78 is 27.7. The summed E-state index contributed by atoms with van der Waals surface area (Å²) in [6.07, 6.45) is -16.1. The Hall–Kier alpha value is -4.94. The lowest BCUT2D eigenvalue weighted by Gasteiger charge is -2.41. The predicted octanol–water partition coefficient (Wildman–Crippen LogP) is -0.870. The largest absolute Gasteiger partial charge is 0.508 e. The molecule has 5 rings (SSSR count). The number of aromatic hydroxyl groups is 1. The van der Waals surface area contributed by atoms with Gasteiger partial charge in [0.1, 0.15) is 61.3 Å². The van der Waals surface area contributed by atoms with Gasteiger partial charge in [0.25, 0.3) is 0 Å². The smallest absolute Gasteiger partial charge is 0.341 e. The minimum atomic E-state index is -2.93. The SMILES string of the molecule is O=C(OC[C@H]1O[C@@H](Oc2ccc(O)cc2COC(=O)[C@]2(O)CC(=O)[C@@H](O)[C@@H](O)[C@H]2O)[C@H](OC(=O)c2ccccc2)[C@@H](O)[C@@H]1O)c1ccccc1. The molecule has 1 saturated heterocycles. The molecule has 16 heteroatoms. The van der Waals surface area contributed by atoms with E-state index in [0.717, 1.165) is 12.1 Å². The van der Waals surface area contributed by atoms with Gasteiger partial charge in [-0.15, -0.1) is 0 Å². The molecule has 16 nitrogen and oxygen atoms in total. The van der Waals surface area contributed by atoms with Crippen LogP contribution >= 0.6 is 0 Å². The van der Waals surface area contributed by atoms with Crippen LogP contribution in [0.15, 0.2) is 78.9 Å². The Morgan fingerprint density at radius 2 is 1.42 bits per heavy atom. The number of benzene rings is 3. The number of esters is 3. The van der Waals surface area contributed by atoms with E-state index in [-0.39, 0.29) is 28.2 Å². The molecule has 50 heavy (non-hydrogen) atoms. The molecule has 9 atom stereocenters. The molecule has 2 aliphatic rings. The van der Waals surface area contributed by atoms with Crippen LogP contribution in [0.3, 0.4) is 0 Å². The van der Waals surface area contributed by atoms with E-state index >= 15 is 0 Å². The van der Waals surface area contributed by atoms with Crippen molar-refractivity contribution in [1.29, 1.82) is 0 Å². The van der Waals surface area contributed by atoms with Crippen molar-refractivity contribution in [1.82, 2.24) is 0 Å². The topological polar surface area (TPSA) is 256 Å². The minimum absolute atomic E-state index is 0.0861. The molecule has 1 saturated carbocycles. The lowest BCUT2D eigenvalue weighted by Crippen LogP contribution is -2.65. The van der Waals surface area contributed by atoms with Crippen LogP contribution in [0.5, 0.6) is 11.5 Å². The van der Waals surface area contributed by atoms with Crippen molar-refractivity contribution in [3.63, 3.8) is 0 Å². The Morgan fingerprint density at radius 1 is 0.800 bits per heavy atom. The maximum atomic E-state index is 13.0. The van der Waals surface area contributed by atoms with E-state index in [2.05, 4.69) is 0 Å². The maximum Gasteiger partial charge on any atom is 0.341 e. The monoisotopic (exact) mass is 698 g/mol. The highest BCUT2D eigenvalue weighted by molar-refractivity contribution is 5.94. The molecule has 0 bridgehead atoms. The first-order valence-electron chi connectivity index (χ1n) is 15.2. The van der Waals surface area contributed by atoms with Gasteiger partial charge < -0.3 is 59.4 Å². The number of rotatable bonds is 10. The van der Waals surface area contributed by atoms with Crippen LogP contribution in [0.1, 0.15) is 32.7 Å². The third-order valence-corrected chi connectivity index (χ3v) is 8.19. The Labute approximate surface area is 283 Å². The zero-order chi connectivity index (χ0) is 36.2. The van der Waals surface area contributed by atoms with E-state index in [4.69, 9.17) is 23.7 Å². The zero-order valence-corrected chi connectivity index (χ0v) is 26.1. The Morgan fingerprint density at radius 3 is 2.06 bits per heavy atom. The van der Waals surface area contributed by atoms with Crippen LogP contribution < -0.4 is 4.74 Å². The molecular weight excluding hydrogens is 664 g/mol. The summed E-state index contributed by atoms with van der Waals surface area (Å²) >= 11 is 0. The van der Waals surface area contributed by atoms with Crippen LogP contribution in [0.25, 0.3) is 0 Å². The number of phenols is 1. The number of carbonyl (C=O) groups excluding carboxylic acids is 4. The molecule has 3 aromatic rings. The number of hydrogen-bond donors (Lipinski definition) is 7. The van der Waals surface area contributed by atoms with Crippen LogP contribution in [0, 0.1) is 0 Å². The van der Waals surface area contributed by atoms with Crippen molar-refractivity contribution < 1.29 is 78.6 Å². The molecule has 7 N–H and O–H groups in total. The fourth-order valence-corrected chi connectivity index (χ4v) is 5.35. The van der Waals surface area contributed by atoms with E-state index in [1.807, 2.05) is 0 Å². The molecule has 1 aliphatic heterocycles. The first-order chi connectivity index (χ1) is 23.8. The predicted molar refractivity (Wildman–Crippen MR) is 164 cm³/mol. The number of Topliss-reactive ketones (excluding diaryl/α,β-unsaturated/α-hetero) is 1. The zero-order valence-electron chi connectivity index (χ0n) is 26.1. The number of ether oxygens (including phenoxy) is 5. The summed E-state index contributed by atoms with van der Waals surface area (Å²) in [6, 6.07) is 19.0. The van der Waals surface area contributed by atoms with Crippen LogP contribution in [0.2, 0.25) is 0 Å². The van der Waals surface area contributed by atoms with Gasteiger partial charge in [0.05, 0.1) is 17.5 Å². The number of carbonyl (C=O) groups is 4. The van der Waals surface area contributed by atoms with E-state index in [9.17, 15) is 54.9 Å². The van der Waals surface area contributed by atoms with Gasteiger partial charge in [0, 0.05) is 5.56 Å². The molecule has 2 fully saturated rings. The highest BCUT2D eigenvalue weighted by Crippen LogP contribution is 2.33. The summed E-state index contributed by atoms with van der Waals surface area (Å²) in [6.45, 7) is -1.36. The third-order valence-electron chi connectivity index (χ3n) is 8.19. The normalized spacial score (nSPS) is 29.4.